The molecule has 1 N–H and O–H groups in total. The average Bonchev–Trinajstić information content (AvgIpc) is 2.18. The fourth-order valence-electron chi connectivity index (χ4n) is 1.28. The first-order valence-electron chi connectivity index (χ1n) is 4.07. The van der Waals surface area contributed by atoms with Gasteiger partial charge in [-0.25, -0.2) is 9.78 Å². The van der Waals surface area contributed by atoms with Crippen LogP contribution in [0.25, 0.3) is 10.9 Å². The van der Waals surface area contributed by atoms with E-state index < -0.39 is 5.97 Å². The Labute approximate surface area is 95.3 Å². The Bertz CT molecular complexity index is 554. The smallest absolute Gasteiger partial charge is 0.356 e. The maximum Gasteiger partial charge on any atom is 0.356 e. The number of hydrogen-bond donors (Lipinski definition) is 1. The minimum Gasteiger partial charge on any atom is -0.476 e. The minimum absolute atomic E-state index is 0.0862. The van der Waals surface area contributed by atoms with Crippen LogP contribution in [0.5, 0.6) is 0 Å². The summed E-state index contributed by atoms with van der Waals surface area (Å²) in [6.07, 6.45) is 0. The van der Waals surface area contributed by atoms with Crippen molar-refractivity contribution in [2.75, 3.05) is 0 Å². The summed E-state index contributed by atoms with van der Waals surface area (Å²) in [6, 6.07) is 6.60. The summed E-state index contributed by atoms with van der Waals surface area (Å²) in [6.45, 7) is 0. The highest BCUT2D eigenvalue weighted by Gasteiger charge is 2.12. The molecule has 1 aromatic carbocycles. The molecule has 0 amide bonds. The van der Waals surface area contributed by atoms with Gasteiger partial charge in [-0.3, -0.25) is 0 Å². The molecule has 5 heteroatoms. The van der Waals surface area contributed by atoms with Gasteiger partial charge in [0, 0.05) is 5.39 Å². The fourth-order valence-corrected chi connectivity index (χ4v) is 1.74. The quantitative estimate of drug-likeness (QED) is 0.834. The number of carboxylic acids is 1. The van der Waals surface area contributed by atoms with Crippen molar-refractivity contribution in [2.24, 2.45) is 0 Å². The number of benzene rings is 1. The Hall–Kier alpha value is -1.32. The van der Waals surface area contributed by atoms with E-state index in [4.69, 9.17) is 28.3 Å². The Kier molecular flexibility index (Phi) is 2.50. The van der Waals surface area contributed by atoms with Crippen molar-refractivity contribution in [3.05, 3.63) is 40.0 Å². The molecule has 0 radical (unpaired) electrons. The molecule has 0 fully saturated rings. The first kappa shape index (κ1) is 10.2. The molecule has 0 unspecified atom stereocenters. The van der Waals surface area contributed by atoms with Gasteiger partial charge in [-0.15, -0.1) is 0 Å². The number of hydrogen-bond acceptors (Lipinski definition) is 2. The summed E-state index contributed by atoms with van der Waals surface area (Å²) in [5, 5.41) is 10.0. The number of aromatic nitrogens is 1. The third-order valence-electron chi connectivity index (χ3n) is 1.96. The van der Waals surface area contributed by atoms with Gasteiger partial charge in [-0.05, 0) is 18.2 Å². The lowest BCUT2D eigenvalue weighted by atomic mass is 10.2. The molecule has 0 saturated heterocycles. The number of carbonyl (C=O) groups is 1. The van der Waals surface area contributed by atoms with E-state index in [1.165, 1.54) is 6.07 Å². The third kappa shape index (κ3) is 1.76. The van der Waals surface area contributed by atoms with Crippen LogP contribution in [0.2, 0.25) is 10.0 Å². The molecule has 0 bridgehead atoms. The molecular formula is C10H5Cl2NO2. The first-order valence-corrected chi connectivity index (χ1v) is 4.83. The predicted molar refractivity (Wildman–Crippen MR) is 58.7 cm³/mol. The zero-order valence-corrected chi connectivity index (χ0v) is 8.88. The molecule has 2 aromatic rings. The van der Waals surface area contributed by atoms with Crippen molar-refractivity contribution < 1.29 is 9.90 Å². The lowest BCUT2D eigenvalue weighted by Crippen LogP contribution is -2.01. The minimum atomic E-state index is -1.15. The van der Waals surface area contributed by atoms with Gasteiger partial charge in [0.05, 0.1) is 15.6 Å². The van der Waals surface area contributed by atoms with E-state index in [1.54, 1.807) is 18.2 Å². The third-order valence-corrected chi connectivity index (χ3v) is 2.58. The Morgan fingerprint density at radius 2 is 2.00 bits per heavy atom. The number of halogens is 2. The van der Waals surface area contributed by atoms with E-state index in [0.717, 1.165) is 0 Å². The van der Waals surface area contributed by atoms with E-state index in [-0.39, 0.29) is 10.7 Å². The van der Waals surface area contributed by atoms with Crippen LogP contribution in [-0.4, -0.2) is 16.1 Å². The Balaban J connectivity index is 2.82. The number of rotatable bonds is 1. The van der Waals surface area contributed by atoms with E-state index in [1.807, 2.05) is 0 Å². The van der Waals surface area contributed by atoms with E-state index in [9.17, 15) is 4.79 Å². The monoisotopic (exact) mass is 241 g/mol. The summed E-state index contributed by atoms with van der Waals surface area (Å²) >= 11 is 11.7. The topological polar surface area (TPSA) is 50.2 Å². The van der Waals surface area contributed by atoms with Crippen LogP contribution in [0, 0.1) is 0 Å². The molecule has 0 aliphatic carbocycles. The summed E-state index contributed by atoms with van der Waals surface area (Å²) in [7, 11) is 0. The lowest BCUT2D eigenvalue weighted by Gasteiger charge is -2.03. The summed E-state index contributed by atoms with van der Waals surface area (Å²) < 4.78 is 0. The van der Waals surface area contributed by atoms with E-state index in [2.05, 4.69) is 4.98 Å². The van der Waals surface area contributed by atoms with Crippen LogP contribution in [0.15, 0.2) is 24.3 Å². The van der Waals surface area contributed by atoms with Crippen LogP contribution in [-0.2, 0) is 0 Å². The molecule has 1 heterocycles. The van der Waals surface area contributed by atoms with Crippen LogP contribution < -0.4 is 0 Å². The zero-order chi connectivity index (χ0) is 11.0. The summed E-state index contributed by atoms with van der Waals surface area (Å²) in [4.78, 5) is 14.7. The standard InChI is InChI=1S/C10H5Cl2NO2/c11-6-2-1-3-8-5(6)4-7(12)9(13-8)10(14)15/h1-4H,(H,14,15). The highest BCUT2D eigenvalue weighted by Crippen LogP contribution is 2.26. The fraction of sp³-hybridized carbons (Fsp3) is 0. The van der Waals surface area contributed by atoms with Gasteiger partial charge in [0.2, 0.25) is 0 Å². The highest BCUT2D eigenvalue weighted by molar-refractivity contribution is 6.37. The molecule has 1 aromatic heterocycles. The SMILES string of the molecule is O=C(O)c1nc2cccc(Cl)c2cc1Cl. The van der Waals surface area contributed by atoms with Crippen LogP contribution in [0.3, 0.4) is 0 Å². The van der Waals surface area contributed by atoms with Gasteiger partial charge < -0.3 is 5.11 Å². The molecule has 76 valence electrons. The molecule has 0 saturated carbocycles. The van der Waals surface area contributed by atoms with E-state index >= 15 is 0 Å². The van der Waals surface area contributed by atoms with Crippen LogP contribution in [0.4, 0.5) is 0 Å². The molecule has 0 aliphatic rings. The number of nitrogens with zero attached hydrogens (tertiary/aromatic N) is 1. The normalized spacial score (nSPS) is 10.5. The number of aromatic carboxylic acids is 1. The van der Waals surface area contributed by atoms with Crippen molar-refractivity contribution in [1.29, 1.82) is 0 Å². The second-order valence-corrected chi connectivity index (χ2v) is 3.74. The number of fused-ring (bicyclic) bond motifs is 1. The summed E-state index contributed by atoms with van der Waals surface area (Å²) in [5.41, 5.74) is 0.357. The van der Waals surface area contributed by atoms with Crippen molar-refractivity contribution >= 4 is 40.1 Å². The zero-order valence-electron chi connectivity index (χ0n) is 7.37. The van der Waals surface area contributed by atoms with E-state index in [0.29, 0.717) is 15.9 Å². The van der Waals surface area contributed by atoms with Gasteiger partial charge in [0.15, 0.2) is 5.69 Å². The molecular weight excluding hydrogens is 237 g/mol. The maximum atomic E-state index is 10.8. The van der Waals surface area contributed by atoms with Gasteiger partial charge in [-0.1, -0.05) is 29.3 Å². The molecule has 15 heavy (non-hydrogen) atoms. The Morgan fingerprint density at radius 1 is 1.27 bits per heavy atom. The maximum absolute atomic E-state index is 10.8. The highest BCUT2D eigenvalue weighted by atomic mass is 35.5. The molecule has 0 atom stereocenters. The molecule has 3 nitrogen and oxygen atoms in total. The molecule has 0 aliphatic heterocycles. The number of pyridine rings is 1. The summed E-state index contributed by atoms with van der Waals surface area (Å²) in [5.74, 6) is -1.15. The average molecular weight is 242 g/mol. The van der Waals surface area contributed by atoms with Gasteiger partial charge >= 0.3 is 5.97 Å². The van der Waals surface area contributed by atoms with Crippen molar-refractivity contribution in [1.82, 2.24) is 4.98 Å². The molecule has 2 rings (SSSR count). The molecule has 0 spiro atoms. The van der Waals surface area contributed by atoms with Crippen LogP contribution in [0.1, 0.15) is 10.5 Å². The van der Waals surface area contributed by atoms with Gasteiger partial charge in [0.25, 0.3) is 0 Å². The van der Waals surface area contributed by atoms with Gasteiger partial charge in [-0.2, -0.15) is 0 Å². The van der Waals surface area contributed by atoms with Crippen molar-refractivity contribution in [3.63, 3.8) is 0 Å². The number of carboxylic acid groups (broad SMARTS) is 1. The van der Waals surface area contributed by atoms with Crippen molar-refractivity contribution in [3.8, 4) is 0 Å². The lowest BCUT2D eigenvalue weighted by molar-refractivity contribution is 0.0691. The predicted octanol–water partition coefficient (Wildman–Crippen LogP) is 3.24. The second kappa shape index (κ2) is 3.68. The van der Waals surface area contributed by atoms with Crippen molar-refractivity contribution in [2.45, 2.75) is 0 Å². The first-order chi connectivity index (χ1) is 7.09. The largest absolute Gasteiger partial charge is 0.476 e. The van der Waals surface area contributed by atoms with Gasteiger partial charge in [0.1, 0.15) is 0 Å². The second-order valence-electron chi connectivity index (χ2n) is 2.93. The van der Waals surface area contributed by atoms with Crippen LogP contribution >= 0.6 is 23.2 Å². The Morgan fingerprint density at radius 3 is 2.67 bits per heavy atom.